The largest absolute Gasteiger partial charge is 0.487 e. The molecule has 188 valence electrons. The Balaban J connectivity index is 1.32. The van der Waals surface area contributed by atoms with Gasteiger partial charge < -0.3 is 18.4 Å². The van der Waals surface area contributed by atoms with Crippen molar-refractivity contribution in [1.82, 2.24) is 24.8 Å². The van der Waals surface area contributed by atoms with Gasteiger partial charge in [0.25, 0.3) is 5.56 Å². The fourth-order valence-electron chi connectivity index (χ4n) is 4.38. The van der Waals surface area contributed by atoms with Crippen LogP contribution in [0.5, 0.6) is 5.75 Å². The maximum atomic E-state index is 13.1. The van der Waals surface area contributed by atoms with Gasteiger partial charge in [-0.25, -0.2) is 0 Å². The van der Waals surface area contributed by atoms with E-state index in [2.05, 4.69) is 20.3 Å². The highest BCUT2D eigenvalue weighted by atomic mass is 16.5. The van der Waals surface area contributed by atoms with Gasteiger partial charge in [0.15, 0.2) is 0 Å². The Hall–Kier alpha value is -5.05. The molecule has 0 N–H and O–H groups in total. The molecule has 0 atom stereocenters. The van der Waals surface area contributed by atoms with Crippen LogP contribution in [0.25, 0.3) is 33.7 Å². The summed E-state index contributed by atoms with van der Waals surface area (Å²) in [4.78, 5) is 21.7. The first-order valence-electron chi connectivity index (χ1n) is 12.1. The maximum absolute atomic E-state index is 13.1. The van der Waals surface area contributed by atoms with E-state index in [1.54, 1.807) is 24.5 Å². The van der Waals surface area contributed by atoms with E-state index in [0.29, 0.717) is 42.3 Å². The van der Waals surface area contributed by atoms with Gasteiger partial charge in [-0.2, -0.15) is 9.97 Å². The van der Waals surface area contributed by atoms with Crippen LogP contribution in [-0.4, -0.2) is 24.8 Å². The lowest BCUT2D eigenvalue weighted by molar-refractivity contribution is 0.308. The van der Waals surface area contributed by atoms with Crippen molar-refractivity contribution < 1.29 is 13.8 Å². The maximum Gasteiger partial charge on any atom is 0.251 e. The van der Waals surface area contributed by atoms with Crippen LogP contribution in [0.2, 0.25) is 0 Å². The molecule has 0 aliphatic heterocycles. The first-order valence-corrected chi connectivity index (χ1v) is 12.1. The Morgan fingerprint density at radius 1 is 0.763 bits per heavy atom. The number of rotatable bonds is 7. The minimum atomic E-state index is -0.121. The van der Waals surface area contributed by atoms with Crippen molar-refractivity contribution in [3.05, 3.63) is 112 Å². The van der Waals surface area contributed by atoms with Crippen LogP contribution in [0.1, 0.15) is 22.9 Å². The van der Waals surface area contributed by atoms with Gasteiger partial charge in [0.05, 0.1) is 12.1 Å². The van der Waals surface area contributed by atoms with E-state index in [-0.39, 0.29) is 5.56 Å². The first-order chi connectivity index (χ1) is 18.5. The summed E-state index contributed by atoms with van der Waals surface area (Å²) in [6, 6.07) is 24.7. The molecule has 0 fully saturated rings. The molecule has 9 heteroatoms. The van der Waals surface area contributed by atoms with Crippen molar-refractivity contribution in [2.24, 2.45) is 0 Å². The SMILES string of the molecule is Cc1nc(-c2cccc(COc3cccc4ccc(=O)n(Cc5cccc(-c6noc(C)n6)c5)c34)c2)no1. The normalized spacial score (nSPS) is 11.2. The van der Waals surface area contributed by atoms with Crippen LogP contribution in [0.4, 0.5) is 0 Å². The monoisotopic (exact) mass is 505 g/mol. The zero-order valence-corrected chi connectivity index (χ0v) is 20.8. The number of fused-ring (bicyclic) bond motifs is 1. The van der Waals surface area contributed by atoms with Crippen LogP contribution in [0.3, 0.4) is 0 Å². The molecule has 3 aromatic carbocycles. The third kappa shape index (κ3) is 4.69. The molecule has 0 radical (unpaired) electrons. The van der Waals surface area contributed by atoms with E-state index in [1.807, 2.05) is 72.8 Å². The smallest absolute Gasteiger partial charge is 0.251 e. The van der Waals surface area contributed by atoms with Gasteiger partial charge in [0.2, 0.25) is 23.4 Å². The zero-order chi connectivity index (χ0) is 26.1. The summed E-state index contributed by atoms with van der Waals surface area (Å²) in [6.45, 7) is 4.17. The van der Waals surface area contributed by atoms with Crippen LogP contribution in [0, 0.1) is 13.8 Å². The molecule has 0 saturated carbocycles. The molecule has 0 amide bonds. The Labute approximate surface area is 217 Å². The highest BCUT2D eigenvalue weighted by Gasteiger charge is 2.13. The van der Waals surface area contributed by atoms with Gasteiger partial charge in [0, 0.05) is 36.4 Å². The standard InChI is InChI=1S/C29H23N5O4/c1-18-30-28(32-37-18)23-9-3-6-20(14-23)16-34-26(35)13-12-22-8-5-11-25(27(22)34)36-17-21-7-4-10-24(15-21)29-31-19(2)38-33-29/h3-15H,16-17H2,1-2H3. The summed E-state index contributed by atoms with van der Waals surface area (Å²) in [5.74, 6) is 2.66. The van der Waals surface area contributed by atoms with E-state index in [9.17, 15) is 4.79 Å². The second-order valence-corrected chi connectivity index (χ2v) is 8.92. The van der Waals surface area contributed by atoms with Crippen molar-refractivity contribution >= 4 is 10.9 Å². The van der Waals surface area contributed by atoms with Crippen molar-refractivity contribution in [3.8, 4) is 28.5 Å². The van der Waals surface area contributed by atoms with Crippen LogP contribution >= 0.6 is 0 Å². The van der Waals surface area contributed by atoms with Gasteiger partial charge in [0.1, 0.15) is 12.4 Å². The van der Waals surface area contributed by atoms with Crippen LogP contribution < -0.4 is 10.3 Å². The summed E-state index contributed by atoms with van der Waals surface area (Å²) in [6.07, 6.45) is 0. The molecule has 38 heavy (non-hydrogen) atoms. The summed E-state index contributed by atoms with van der Waals surface area (Å²) in [5.41, 5.74) is 4.14. The number of benzene rings is 3. The summed E-state index contributed by atoms with van der Waals surface area (Å²) < 4.78 is 18.2. The molecule has 0 saturated heterocycles. The third-order valence-electron chi connectivity index (χ3n) is 6.13. The zero-order valence-electron chi connectivity index (χ0n) is 20.8. The lowest BCUT2D eigenvalue weighted by Gasteiger charge is -2.15. The van der Waals surface area contributed by atoms with E-state index >= 15 is 0 Å². The van der Waals surface area contributed by atoms with Crippen molar-refractivity contribution in [2.75, 3.05) is 0 Å². The molecule has 3 heterocycles. The number of aromatic nitrogens is 5. The molecule has 6 aromatic rings. The second-order valence-electron chi connectivity index (χ2n) is 8.92. The molecular formula is C29H23N5O4. The lowest BCUT2D eigenvalue weighted by Crippen LogP contribution is -2.20. The minimum absolute atomic E-state index is 0.121. The fraction of sp³-hybridized carbons (Fsp3) is 0.138. The van der Waals surface area contributed by atoms with Gasteiger partial charge in [-0.05, 0) is 35.4 Å². The molecule has 0 unspecified atom stereocenters. The molecule has 3 aromatic heterocycles. The Bertz CT molecular complexity index is 1820. The molecular weight excluding hydrogens is 482 g/mol. The quantitative estimate of drug-likeness (QED) is 0.286. The summed E-state index contributed by atoms with van der Waals surface area (Å²) >= 11 is 0. The summed E-state index contributed by atoms with van der Waals surface area (Å²) in [7, 11) is 0. The Morgan fingerprint density at radius 3 is 2.05 bits per heavy atom. The summed E-state index contributed by atoms with van der Waals surface area (Å²) in [5, 5.41) is 8.91. The Kier molecular flexibility index (Phi) is 6.01. The van der Waals surface area contributed by atoms with Crippen molar-refractivity contribution in [2.45, 2.75) is 27.0 Å². The van der Waals surface area contributed by atoms with Gasteiger partial charge in [-0.1, -0.05) is 58.8 Å². The number of hydrogen-bond donors (Lipinski definition) is 0. The molecule has 9 nitrogen and oxygen atoms in total. The number of nitrogens with zero attached hydrogens (tertiary/aromatic N) is 5. The van der Waals surface area contributed by atoms with Crippen LogP contribution in [0.15, 0.2) is 92.7 Å². The van der Waals surface area contributed by atoms with E-state index in [1.165, 1.54) is 0 Å². The minimum Gasteiger partial charge on any atom is -0.487 e. The lowest BCUT2D eigenvalue weighted by atomic mass is 10.1. The predicted octanol–water partition coefficient (Wildman–Crippen LogP) is 5.35. The Morgan fingerprint density at radius 2 is 1.39 bits per heavy atom. The first kappa shape index (κ1) is 23.4. The number of aryl methyl sites for hydroxylation is 2. The van der Waals surface area contributed by atoms with Crippen LogP contribution in [-0.2, 0) is 13.2 Å². The number of ether oxygens (including phenoxy) is 1. The van der Waals surface area contributed by atoms with Crippen molar-refractivity contribution in [3.63, 3.8) is 0 Å². The van der Waals surface area contributed by atoms with Crippen molar-refractivity contribution in [1.29, 1.82) is 0 Å². The molecule has 0 spiro atoms. The molecule has 6 rings (SSSR count). The number of pyridine rings is 1. The van der Waals surface area contributed by atoms with E-state index in [0.717, 1.165) is 33.2 Å². The molecule has 0 bridgehead atoms. The molecule has 0 aliphatic carbocycles. The predicted molar refractivity (Wildman–Crippen MR) is 141 cm³/mol. The number of hydrogen-bond acceptors (Lipinski definition) is 8. The highest BCUT2D eigenvalue weighted by molar-refractivity contribution is 5.85. The average molecular weight is 506 g/mol. The third-order valence-corrected chi connectivity index (χ3v) is 6.13. The fourth-order valence-corrected chi connectivity index (χ4v) is 4.38. The number of para-hydroxylation sites is 1. The highest BCUT2D eigenvalue weighted by Crippen LogP contribution is 2.27. The van der Waals surface area contributed by atoms with Gasteiger partial charge in [-0.15, -0.1) is 0 Å². The van der Waals surface area contributed by atoms with Gasteiger partial charge >= 0.3 is 0 Å². The average Bonchev–Trinajstić information content (AvgIpc) is 3.57. The van der Waals surface area contributed by atoms with Gasteiger partial charge in [-0.3, -0.25) is 4.79 Å². The topological polar surface area (TPSA) is 109 Å². The van der Waals surface area contributed by atoms with E-state index < -0.39 is 0 Å². The van der Waals surface area contributed by atoms with E-state index in [4.69, 9.17) is 13.8 Å². The molecule has 0 aliphatic rings. The second kappa shape index (κ2) is 9.78.